The van der Waals surface area contributed by atoms with Gasteiger partial charge in [0.1, 0.15) is 11.3 Å². The molecular weight excluding hydrogens is 354 g/mol. The van der Waals surface area contributed by atoms with E-state index in [1.165, 1.54) is 18.2 Å². The summed E-state index contributed by atoms with van der Waals surface area (Å²) in [4.78, 5) is 15.6. The van der Waals surface area contributed by atoms with Crippen molar-refractivity contribution < 1.29 is 17.9 Å². The van der Waals surface area contributed by atoms with Gasteiger partial charge in [-0.1, -0.05) is 6.07 Å². The molecule has 2 aromatic carbocycles. The lowest BCUT2D eigenvalue weighted by Crippen LogP contribution is -2.15. The number of ether oxygens (including phenoxy) is 1. The van der Waals surface area contributed by atoms with Crippen LogP contribution in [0, 0.1) is 0 Å². The molecule has 3 rings (SSSR count). The van der Waals surface area contributed by atoms with Crippen LogP contribution < -0.4 is 15.2 Å². The van der Waals surface area contributed by atoms with Gasteiger partial charge < -0.3 is 10.5 Å². The van der Waals surface area contributed by atoms with Crippen molar-refractivity contribution in [3.05, 3.63) is 60.3 Å². The molecule has 7 nitrogen and oxygen atoms in total. The molecule has 26 heavy (non-hydrogen) atoms. The number of hydrogen-bond acceptors (Lipinski definition) is 5. The minimum atomic E-state index is -3.91. The second-order valence-corrected chi connectivity index (χ2v) is 7.10. The molecule has 0 saturated heterocycles. The Morgan fingerprint density at radius 3 is 2.73 bits per heavy atom. The number of nitrogens with zero attached hydrogens (tertiary/aromatic N) is 1. The number of fused-ring (bicyclic) bond motifs is 1. The first-order chi connectivity index (χ1) is 12.4. The Kier molecular flexibility index (Phi) is 4.77. The molecule has 1 aromatic heterocycles. The van der Waals surface area contributed by atoms with Crippen LogP contribution in [0.25, 0.3) is 10.9 Å². The van der Waals surface area contributed by atoms with Gasteiger partial charge in [0.2, 0.25) is 5.91 Å². The van der Waals surface area contributed by atoms with E-state index in [-0.39, 0.29) is 16.1 Å². The molecule has 0 aliphatic rings. The largest absolute Gasteiger partial charge is 0.492 e. The Balaban J connectivity index is 2.06. The Morgan fingerprint density at radius 1 is 1.19 bits per heavy atom. The summed E-state index contributed by atoms with van der Waals surface area (Å²) in [6.07, 6.45) is 1.57. The van der Waals surface area contributed by atoms with E-state index in [2.05, 4.69) is 9.71 Å². The average Bonchev–Trinajstić information content (AvgIpc) is 2.62. The van der Waals surface area contributed by atoms with Gasteiger partial charge in [0.25, 0.3) is 10.0 Å². The van der Waals surface area contributed by atoms with Gasteiger partial charge in [-0.3, -0.25) is 14.5 Å². The molecule has 1 heterocycles. The number of benzene rings is 2. The summed E-state index contributed by atoms with van der Waals surface area (Å²) in [6, 6.07) is 12.4. The van der Waals surface area contributed by atoms with Crippen molar-refractivity contribution in [1.82, 2.24) is 4.98 Å². The summed E-state index contributed by atoms with van der Waals surface area (Å²) >= 11 is 0. The number of sulfonamides is 1. The molecule has 1 amide bonds. The molecule has 0 spiro atoms. The Labute approximate surface area is 150 Å². The zero-order valence-electron chi connectivity index (χ0n) is 14.0. The summed E-state index contributed by atoms with van der Waals surface area (Å²) in [6.45, 7) is 2.28. The minimum Gasteiger partial charge on any atom is -0.492 e. The highest BCUT2D eigenvalue weighted by atomic mass is 32.2. The summed E-state index contributed by atoms with van der Waals surface area (Å²) in [5.41, 5.74) is 6.15. The second-order valence-electron chi connectivity index (χ2n) is 5.44. The normalized spacial score (nSPS) is 11.3. The van der Waals surface area contributed by atoms with Crippen molar-refractivity contribution in [3.63, 3.8) is 0 Å². The fourth-order valence-corrected chi connectivity index (χ4v) is 3.82. The zero-order valence-corrected chi connectivity index (χ0v) is 14.8. The van der Waals surface area contributed by atoms with Crippen molar-refractivity contribution >= 4 is 32.5 Å². The van der Waals surface area contributed by atoms with Crippen LogP contribution in [0.3, 0.4) is 0 Å². The second kappa shape index (κ2) is 7.01. The number of anilines is 1. The van der Waals surface area contributed by atoms with Gasteiger partial charge in [0, 0.05) is 22.8 Å². The van der Waals surface area contributed by atoms with Crippen molar-refractivity contribution in [2.75, 3.05) is 11.3 Å². The molecule has 0 aliphatic carbocycles. The Morgan fingerprint density at radius 2 is 2.00 bits per heavy atom. The van der Waals surface area contributed by atoms with Crippen LogP contribution in [0.4, 0.5) is 5.69 Å². The van der Waals surface area contributed by atoms with E-state index in [0.29, 0.717) is 23.3 Å². The number of nitrogens with two attached hydrogens (primary N) is 1. The van der Waals surface area contributed by atoms with E-state index >= 15 is 0 Å². The molecule has 3 aromatic rings. The van der Waals surface area contributed by atoms with E-state index in [1.54, 1.807) is 36.5 Å². The molecule has 134 valence electrons. The maximum atomic E-state index is 12.9. The first-order valence-electron chi connectivity index (χ1n) is 7.85. The lowest BCUT2D eigenvalue weighted by atomic mass is 10.2. The summed E-state index contributed by atoms with van der Waals surface area (Å²) in [5.74, 6) is -0.125. The molecule has 0 bridgehead atoms. The van der Waals surface area contributed by atoms with E-state index < -0.39 is 15.9 Å². The molecule has 0 atom stereocenters. The van der Waals surface area contributed by atoms with Crippen LogP contribution in [0.1, 0.15) is 17.3 Å². The lowest BCUT2D eigenvalue weighted by Gasteiger charge is -2.13. The number of pyridine rings is 1. The smallest absolute Gasteiger partial charge is 0.262 e. The van der Waals surface area contributed by atoms with Crippen LogP contribution in [0.15, 0.2) is 59.6 Å². The highest BCUT2D eigenvalue weighted by Gasteiger charge is 2.20. The van der Waals surface area contributed by atoms with Gasteiger partial charge in [-0.05, 0) is 49.4 Å². The minimum absolute atomic E-state index is 0.0635. The van der Waals surface area contributed by atoms with Crippen LogP contribution in [-0.4, -0.2) is 25.9 Å². The zero-order chi connectivity index (χ0) is 18.7. The quantitative estimate of drug-likeness (QED) is 0.692. The van der Waals surface area contributed by atoms with Gasteiger partial charge in [-0.15, -0.1) is 0 Å². The SMILES string of the molecule is CCOc1ccc(S(=O)(=O)Nc2cccc(C(N)=O)c2)c2cccnc12. The number of carbonyl (C=O) groups excluding carboxylic acids is 1. The third-order valence-corrected chi connectivity index (χ3v) is 5.12. The molecule has 0 saturated carbocycles. The standard InChI is InChI=1S/C18H17N3O4S/c1-2-25-15-8-9-16(14-7-4-10-20-17(14)15)26(23,24)21-13-6-3-5-12(11-13)18(19)22/h3-11,21H,2H2,1H3,(H2,19,22). The topological polar surface area (TPSA) is 111 Å². The van der Waals surface area contributed by atoms with Gasteiger partial charge in [0.05, 0.1) is 11.5 Å². The van der Waals surface area contributed by atoms with E-state index in [9.17, 15) is 13.2 Å². The third kappa shape index (κ3) is 3.45. The highest BCUT2D eigenvalue weighted by Crippen LogP contribution is 2.30. The van der Waals surface area contributed by atoms with Gasteiger partial charge in [0.15, 0.2) is 0 Å². The number of aromatic nitrogens is 1. The fraction of sp³-hybridized carbons (Fsp3) is 0.111. The number of amides is 1. The number of carbonyl (C=O) groups is 1. The average molecular weight is 371 g/mol. The van der Waals surface area contributed by atoms with E-state index in [1.807, 2.05) is 6.92 Å². The molecular formula is C18H17N3O4S. The van der Waals surface area contributed by atoms with Gasteiger partial charge >= 0.3 is 0 Å². The monoisotopic (exact) mass is 371 g/mol. The Hall–Kier alpha value is -3.13. The lowest BCUT2D eigenvalue weighted by molar-refractivity contribution is 0.100. The van der Waals surface area contributed by atoms with Crippen LogP contribution in [0.5, 0.6) is 5.75 Å². The van der Waals surface area contributed by atoms with Crippen molar-refractivity contribution in [2.45, 2.75) is 11.8 Å². The molecule has 3 N–H and O–H groups in total. The molecule has 0 aliphatic heterocycles. The first-order valence-corrected chi connectivity index (χ1v) is 9.34. The third-order valence-electron chi connectivity index (χ3n) is 3.68. The maximum Gasteiger partial charge on any atom is 0.262 e. The summed E-state index contributed by atoms with van der Waals surface area (Å²) in [7, 11) is -3.91. The van der Waals surface area contributed by atoms with Gasteiger partial charge in [-0.25, -0.2) is 8.42 Å². The van der Waals surface area contributed by atoms with Gasteiger partial charge in [-0.2, -0.15) is 0 Å². The Bertz CT molecular complexity index is 1080. The number of primary amides is 1. The number of hydrogen-bond donors (Lipinski definition) is 2. The summed E-state index contributed by atoms with van der Waals surface area (Å²) in [5, 5.41) is 0.442. The van der Waals surface area contributed by atoms with Crippen molar-refractivity contribution in [2.24, 2.45) is 5.73 Å². The number of nitrogens with one attached hydrogen (secondary N) is 1. The van der Waals surface area contributed by atoms with E-state index in [0.717, 1.165) is 0 Å². The van der Waals surface area contributed by atoms with Crippen molar-refractivity contribution in [1.29, 1.82) is 0 Å². The molecule has 0 radical (unpaired) electrons. The molecule has 8 heteroatoms. The molecule has 0 fully saturated rings. The number of rotatable bonds is 6. The van der Waals surface area contributed by atoms with E-state index in [4.69, 9.17) is 10.5 Å². The van der Waals surface area contributed by atoms with Crippen LogP contribution in [0.2, 0.25) is 0 Å². The fourth-order valence-electron chi connectivity index (χ4n) is 2.57. The highest BCUT2D eigenvalue weighted by molar-refractivity contribution is 7.93. The predicted molar refractivity (Wildman–Crippen MR) is 98.7 cm³/mol. The maximum absolute atomic E-state index is 12.9. The van der Waals surface area contributed by atoms with Crippen LogP contribution >= 0.6 is 0 Å². The van der Waals surface area contributed by atoms with Crippen molar-refractivity contribution in [3.8, 4) is 5.75 Å². The first kappa shape index (κ1) is 17.7. The molecule has 0 unspecified atom stereocenters. The van der Waals surface area contributed by atoms with Crippen LogP contribution in [-0.2, 0) is 10.0 Å². The predicted octanol–water partition coefficient (Wildman–Crippen LogP) is 2.53. The summed E-state index contributed by atoms with van der Waals surface area (Å²) < 4.78 is 33.7.